The molecule has 0 aromatic heterocycles. The van der Waals surface area contributed by atoms with Gasteiger partial charge in [0, 0.05) is 5.92 Å². The van der Waals surface area contributed by atoms with Crippen molar-refractivity contribution < 1.29 is 4.43 Å². The lowest BCUT2D eigenvalue weighted by Gasteiger charge is -2.28. The molecule has 1 nitrogen and oxygen atoms in total. The van der Waals surface area contributed by atoms with Crippen molar-refractivity contribution in [2.45, 2.75) is 39.1 Å². The van der Waals surface area contributed by atoms with Gasteiger partial charge in [0.1, 0.15) is 0 Å². The highest BCUT2D eigenvalue weighted by Gasteiger charge is 2.41. The Hall–Kier alpha value is -0.343. The van der Waals surface area contributed by atoms with Crippen LogP contribution in [0.2, 0.25) is 19.6 Å². The molecule has 2 heteroatoms. The first-order valence-corrected chi connectivity index (χ1v) is 9.41. The molecule has 0 bridgehead atoms. The van der Waals surface area contributed by atoms with Crippen LogP contribution in [-0.2, 0) is 4.43 Å². The van der Waals surface area contributed by atoms with E-state index >= 15 is 0 Å². The van der Waals surface area contributed by atoms with E-state index in [-0.39, 0.29) is 0 Å². The van der Waals surface area contributed by atoms with E-state index in [2.05, 4.69) is 50.9 Å². The minimum atomic E-state index is -1.39. The molecule has 4 atom stereocenters. The largest absolute Gasteiger partial charge is 0.414 e. The normalized spacial score (nSPS) is 39.5. The van der Waals surface area contributed by atoms with Crippen molar-refractivity contribution in [3.63, 3.8) is 0 Å². The lowest BCUT2D eigenvalue weighted by atomic mass is 9.87. The molecule has 15 heavy (non-hydrogen) atoms. The molecule has 0 N–H and O–H groups in total. The number of allylic oxidation sites excluding steroid dienone is 3. The maximum atomic E-state index is 6.29. The molecular formula is C13H22OSi. The van der Waals surface area contributed by atoms with Crippen LogP contribution in [0.3, 0.4) is 0 Å². The minimum absolute atomic E-state index is 0.470. The van der Waals surface area contributed by atoms with Gasteiger partial charge in [0.25, 0.3) is 0 Å². The maximum absolute atomic E-state index is 6.29. The standard InChI is InChI=1S/C13H22OSi/c1-10-9-13(14-15(2,3)4)12-8-6-5-7-11(10)12/h5-8,10-13H,9H2,1-4H3. The van der Waals surface area contributed by atoms with Crippen LogP contribution in [0.4, 0.5) is 0 Å². The van der Waals surface area contributed by atoms with Gasteiger partial charge in [-0.2, -0.15) is 0 Å². The molecule has 0 spiro atoms. The van der Waals surface area contributed by atoms with Gasteiger partial charge in [-0.25, -0.2) is 0 Å². The molecule has 2 rings (SSSR count). The molecule has 1 saturated carbocycles. The second-order valence-corrected chi connectivity index (χ2v) is 10.4. The van der Waals surface area contributed by atoms with E-state index in [1.54, 1.807) is 0 Å². The molecule has 0 radical (unpaired) electrons. The Morgan fingerprint density at radius 3 is 2.27 bits per heavy atom. The fourth-order valence-corrected chi connectivity index (χ4v) is 4.01. The van der Waals surface area contributed by atoms with Gasteiger partial charge in [0.05, 0.1) is 6.10 Å². The summed E-state index contributed by atoms with van der Waals surface area (Å²) in [5.41, 5.74) is 0. The Balaban J connectivity index is 2.09. The molecule has 84 valence electrons. The Morgan fingerprint density at radius 2 is 1.67 bits per heavy atom. The van der Waals surface area contributed by atoms with Crippen LogP contribution in [0.25, 0.3) is 0 Å². The first-order valence-electron chi connectivity index (χ1n) is 6.00. The molecule has 0 saturated heterocycles. The topological polar surface area (TPSA) is 9.23 Å². The zero-order valence-electron chi connectivity index (χ0n) is 10.2. The maximum Gasteiger partial charge on any atom is 0.184 e. The summed E-state index contributed by atoms with van der Waals surface area (Å²) < 4.78 is 6.29. The highest BCUT2D eigenvalue weighted by molar-refractivity contribution is 6.69. The first-order chi connectivity index (χ1) is 6.97. The summed E-state index contributed by atoms with van der Waals surface area (Å²) in [5, 5.41) is 0. The summed E-state index contributed by atoms with van der Waals surface area (Å²) in [4.78, 5) is 0. The minimum Gasteiger partial charge on any atom is -0.414 e. The van der Waals surface area contributed by atoms with E-state index < -0.39 is 8.32 Å². The van der Waals surface area contributed by atoms with E-state index in [9.17, 15) is 0 Å². The second-order valence-electron chi connectivity index (χ2n) is 5.91. The average molecular weight is 222 g/mol. The third-order valence-electron chi connectivity index (χ3n) is 3.42. The smallest absolute Gasteiger partial charge is 0.184 e. The third kappa shape index (κ3) is 2.43. The summed E-state index contributed by atoms with van der Waals surface area (Å²) >= 11 is 0. The molecule has 0 aromatic rings. The van der Waals surface area contributed by atoms with Crippen molar-refractivity contribution in [1.29, 1.82) is 0 Å². The van der Waals surface area contributed by atoms with Crippen LogP contribution in [0.15, 0.2) is 24.3 Å². The van der Waals surface area contributed by atoms with E-state index in [1.807, 2.05) is 0 Å². The molecule has 1 fully saturated rings. The Labute approximate surface area is 94.3 Å². The van der Waals surface area contributed by atoms with Gasteiger partial charge in [0.15, 0.2) is 8.32 Å². The fourth-order valence-electron chi connectivity index (χ4n) is 2.84. The van der Waals surface area contributed by atoms with Crippen LogP contribution in [0, 0.1) is 17.8 Å². The van der Waals surface area contributed by atoms with Gasteiger partial charge in [-0.3, -0.25) is 0 Å². The molecule has 2 aliphatic carbocycles. The molecule has 0 aromatic carbocycles. The first kappa shape index (κ1) is 11.2. The van der Waals surface area contributed by atoms with Crippen molar-refractivity contribution in [2.24, 2.45) is 17.8 Å². The summed E-state index contributed by atoms with van der Waals surface area (Å²) in [6.07, 6.45) is 10.8. The summed E-state index contributed by atoms with van der Waals surface area (Å²) in [6, 6.07) is 0. The van der Waals surface area contributed by atoms with Crippen LogP contribution < -0.4 is 0 Å². The summed E-state index contributed by atoms with van der Waals surface area (Å²) in [6.45, 7) is 9.21. The van der Waals surface area contributed by atoms with Crippen LogP contribution in [-0.4, -0.2) is 14.4 Å². The highest BCUT2D eigenvalue weighted by Crippen LogP contribution is 2.42. The number of rotatable bonds is 2. The van der Waals surface area contributed by atoms with E-state index in [4.69, 9.17) is 4.43 Å². The molecule has 4 unspecified atom stereocenters. The van der Waals surface area contributed by atoms with Gasteiger partial charge in [-0.15, -0.1) is 0 Å². The zero-order chi connectivity index (χ0) is 11.1. The number of hydrogen-bond donors (Lipinski definition) is 0. The van der Waals surface area contributed by atoms with Gasteiger partial charge < -0.3 is 4.43 Å². The second kappa shape index (κ2) is 3.91. The lowest BCUT2D eigenvalue weighted by Crippen LogP contribution is -2.34. The molecule has 2 aliphatic rings. The SMILES string of the molecule is CC1CC(O[Si](C)(C)C)C2C=CC=CC12. The highest BCUT2D eigenvalue weighted by atomic mass is 28.4. The van der Waals surface area contributed by atoms with Gasteiger partial charge in [-0.05, 0) is 37.9 Å². The van der Waals surface area contributed by atoms with Crippen LogP contribution >= 0.6 is 0 Å². The van der Waals surface area contributed by atoms with Crippen molar-refractivity contribution >= 4 is 8.32 Å². The molecular weight excluding hydrogens is 200 g/mol. The van der Waals surface area contributed by atoms with Gasteiger partial charge in [0.2, 0.25) is 0 Å². The molecule has 0 heterocycles. The fraction of sp³-hybridized carbons (Fsp3) is 0.692. The summed E-state index contributed by atoms with van der Waals surface area (Å²) in [5.74, 6) is 2.13. The quantitative estimate of drug-likeness (QED) is 0.649. The lowest BCUT2D eigenvalue weighted by molar-refractivity contribution is 0.164. The zero-order valence-corrected chi connectivity index (χ0v) is 11.2. The van der Waals surface area contributed by atoms with E-state index in [1.165, 1.54) is 6.42 Å². The number of hydrogen-bond acceptors (Lipinski definition) is 1. The van der Waals surface area contributed by atoms with Crippen molar-refractivity contribution in [3.8, 4) is 0 Å². The predicted molar refractivity (Wildman–Crippen MR) is 67.3 cm³/mol. The Morgan fingerprint density at radius 1 is 1.07 bits per heavy atom. The molecule has 0 amide bonds. The third-order valence-corrected chi connectivity index (χ3v) is 4.43. The Kier molecular flexibility index (Phi) is 2.91. The van der Waals surface area contributed by atoms with Gasteiger partial charge in [-0.1, -0.05) is 31.2 Å². The van der Waals surface area contributed by atoms with E-state index in [0.717, 1.165) is 11.8 Å². The van der Waals surface area contributed by atoms with Crippen molar-refractivity contribution in [2.75, 3.05) is 0 Å². The number of fused-ring (bicyclic) bond motifs is 1. The van der Waals surface area contributed by atoms with Crippen LogP contribution in [0.1, 0.15) is 13.3 Å². The van der Waals surface area contributed by atoms with E-state index in [0.29, 0.717) is 12.0 Å². The summed E-state index contributed by atoms with van der Waals surface area (Å²) in [7, 11) is -1.39. The van der Waals surface area contributed by atoms with Crippen LogP contribution in [0.5, 0.6) is 0 Å². The Bertz CT molecular complexity index is 287. The van der Waals surface area contributed by atoms with Gasteiger partial charge >= 0.3 is 0 Å². The monoisotopic (exact) mass is 222 g/mol. The average Bonchev–Trinajstić information content (AvgIpc) is 2.42. The predicted octanol–water partition coefficient (Wildman–Crippen LogP) is 3.60. The molecule has 0 aliphatic heterocycles. The van der Waals surface area contributed by atoms with Crippen molar-refractivity contribution in [1.82, 2.24) is 0 Å². The van der Waals surface area contributed by atoms with Crippen molar-refractivity contribution in [3.05, 3.63) is 24.3 Å².